The number of carboxylic acids is 1. The zero-order valence-corrected chi connectivity index (χ0v) is 18.2. The lowest BCUT2D eigenvalue weighted by molar-refractivity contribution is -0.143. The van der Waals surface area contributed by atoms with Crippen molar-refractivity contribution in [2.45, 2.75) is 26.2 Å². The summed E-state index contributed by atoms with van der Waals surface area (Å²) in [7, 11) is 0. The van der Waals surface area contributed by atoms with Crippen LogP contribution in [0.3, 0.4) is 0 Å². The lowest BCUT2D eigenvalue weighted by Gasteiger charge is -1.97. The highest BCUT2D eigenvalue weighted by molar-refractivity contribution is 5.81. The summed E-state index contributed by atoms with van der Waals surface area (Å²) < 4.78 is 9.04. The number of hydrogen-bond donors (Lipinski definition) is 1. The van der Waals surface area contributed by atoms with Crippen LogP contribution in [-0.2, 0) is 28.7 Å². The first kappa shape index (κ1) is 32.5. The summed E-state index contributed by atoms with van der Waals surface area (Å²) in [5, 5.41) is 15.6. The molecule has 8 nitrogen and oxygen atoms in total. The van der Waals surface area contributed by atoms with Crippen LogP contribution in [0.2, 0.25) is 0 Å². The van der Waals surface area contributed by atoms with Crippen LogP contribution in [-0.4, -0.2) is 42.2 Å². The van der Waals surface area contributed by atoms with E-state index < -0.39 is 11.9 Å². The van der Waals surface area contributed by atoms with Crippen LogP contribution in [0.15, 0.2) is 68.3 Å². The number of hydrogen-bond acceptors (Lipinski definition) is 7. The van der Waals surface area contributed by atoms with Gasteiger partial charge in [-0.2, -0.15) is 5.26 Å². The summed E-state index contributed by atoms with van der Waals surface area (Å²) in [5.74, 6) is -0.634. The Morgan fingerprint density at radius 1 is 1.03 bits per heavy atom. The summed E-state index contributed by atoms with van der Waals surface area (Å²) in [6.07, 6.45) is 6.56. The molecule has 1 N–H and O–H groups in total. The van der Waals surface area contributed by atoms with Crippen molar-refractivity contribution in [2.24, 2.45) is 0 Å². The molecular weight excluding hydrogens is 414 g/mol. The van der Waals surface area contributed by atoms with Gasteiger partial charge in [-0.05, 0) is 12.0 Å². The van der Waals surface area contributed by atoms with Gasteiger partial charge in [-0.1, -0.05) is 69.5 Å². The Hall–Kier alpha value is -4.21. The first-order valence-corrected chi connectivity index (χ1v) is 9.39. The van der Waals surface area contributed by atoms with Crippen LogP contribution in [0, 0.1) is 11.3 Å². The molecule has 1 aromatic carbocycles. The Balaban J connectivity index is -0.000000359. The molecule has 0 aromatic heterocycles. The van der Waals surface area contributed by atoms with Crippen molar-refractivity contribution in [3.05, 3.63) is 73.9 Å². The van der Waals surface area contributed by atoms with Crippen molar-refractivity contribution in [3.63, 3.8) is 0 Å². The number of carbonyl (C=O) groups excluding carboxylic acids is 3. The van der Waals surface area contributed by atoms with Gasteiger partial charge >= 0.3 is 17.9 Å². The van der Waals surface area contributed by atoms with E-state index >= 15 is 0 Å². The molecule has 0 unspecified atom stereocenters. The van der Waals surface area contributed by atoms with E-state index in [4.69, 9.17) is 15.2 Å². The third-order valence-electron chi connectivity index (χ3n) is 2.79. The predicted octanol–water partition coefficient (Wildman–Crippen LogP) is 3.93. The number of carboxylic acid groups (broad SMARTS) is 1. The van der Waals surface area contributed by atoms with E-state index in [9.17, 15) is 14.4 Å². The van der Waals surface area contributed by atoms with E-state index in [1.54, 1.807) is 0 Å². The SMILES string of the molecule is C=CC(=O)OCCC(=O)O.C=CC(=O)OCCCC.C=Cc1ccccc1.N#CC=C=O. The van der Waals surface area contributed by atoms with Crippen LogP contribution >= 0.6 is 0 Å². The van der Waals surface area contributed by atoms with E-state index in [2.05, 4.69) is 29.2 Å². The van der Waals surface area contributed by atoms with E-state index in [1.165, 1.54) is 23.7 Å². The molecule has 1 aromatic rings. The summed E-state index contributed by atoms with van der Waals surface area (Å²) in [4.78, 5) is 39.5. The first-order valence-electron chi connectivity index (χ1n) is 9.39. The number of allylic oxidation sites excluding steroid dienone is 1. The highest BCUT2D eigenvalue weighted by atomic mass is 16.5. The van der Waals surface area contributed by atoms with Gasteiger partial charge in [0.1, 0.15) is 18.6 Å². The Labute approximate surface area is 188 Å². The Morgan fingerprint density at radius 2 is 1.56 bits per heavy atom. The van der Waals surface area contributed by atoms with Gasteiger partial charge in [-0.3, -0.25) is 4.79 Å². The summed E-state index contributed by atoms with van der Waals surface area (Å²) in [6, 6.07) is 11.5. The molecule has 0 fully saturated rings. The number of rotatable bonds is 9. The van der Waals surface area contributed by atoms with Crippen molar-refractivity contribution < 1.29 is 33.8 Å². The highest BCUT2D eigenvalue weighted by Crippen LogP contribution is 1.97. The first-order chi connectivity index (χ1) is 15.3. The molecule has 8 heteroatoms. The minimum atomic E-state index is -0.989. The standard InChI is InChI=1S/C8H8.C7H12O2.C6H8O4.C3HNO/c1-2-8-6-4-3-5-7-8;1-3-5-6-9-7(8)4-2;1-2-6(9)10-4-3-5(7)8;4-2-1-3-5/h2-7H,1H2;4H,2-3,5-6H2,1H3;2H,1,3-4H2,(H,7,8);1H. The molecule has 0 atom stereocenters. The molecule has 0 saturated carbocycles. The van der Waals surface area contributed by atoms with Crippen molar-refractivity contribution in [3.8, 4) is 6.07 Å². The summed E-state index contributed by atoms with van der Waals surface area (Å²) in [6.45, 7) is 12.5. The van der Waals surface area contributed by atoms with Gasteiger partial charge in [0.15, 0.2) is 0 Å². The highest BCUT2D eigenvalue weighted by Gasteiger charge is 1.98. The van der Waals surface area contributed by atoms with Gasteiger partial charge in [-0.15, -0.1) is 0 Å². The molecule has 0 aliphatic heterocycles. The van der Waals surface area contributed by atoms with Crippen molar-refractivity contribution in [1.29, 1.82) is 5.26 Å². The lowest BCUT2D eigenvalue weighted by atomic mass is 10.2. The second-order valence-corrected chi connectivity index (χ2v) is 5.25. The zero-order valence-electron chi connectivity index (χ0n) is 18.2. The predicted molar refractivity (Wildman–Crippen MR) is 122 cm³/mol. The average molecular weight is 443 g/mol. The topological polar surface area (TPSA) is 131 Å². The van der Waals surface area contributed by atoms with Gasteiger partial charge < -0.3 is 14.6 Å². The number of nitriles is 1. The van der Waals surface area contributed by atoms with Gasteiger partial charge in [0.2, 0.25) is 0 Å². The number of ether oxygens (including phenoxy) is 2. The van der Waals surface area contributed by atoms with Crippen molar-refractivity contribution in [1.82, 2.24) is 0 Å². The van der Waals surface area contributed by atoms with E-state index in [0.717, 1.165) is 25.0 Å². The van der Waals surface area contributed by atoms with Gasteiger partial charge in [-0.25, -0.2) is 14.4 Å². The quantitative estimate of drug-likeness (QED) is 0.200. The summed E-state index contributed by atoms with van der Waals surface area (Å²) in [5.41, 5.74) is 1.17. The lowest BCUT2D eigenvalue weighted by Crippen LogP contribution is -2.06. The molecule has 0 amide bonds. The molecule has 0 radical (unpaired) electrons. The maximum absolute atomic E-state index is 10.3. The Kier molecular flexibility index (Phi) is 27.2. The fourth-order valence-corrected chi connectivity index (χ4v) is 1.29. The molecule has 0 aliphatic rings. The molecule has 0 bridgehead atoms. The fourth-order valence-electron chi connectivity index (χ4n) is 1.29. The van der Waals surface area contributed by atoms with Crippen LogP contribution < -0.4 is 0 Å². The van der Waals surface area contributed by atoms with E-state index in [1.807, 2.05) is 43.3 Å². The largest absolute Gasteiger partial charge is 0.481 e. The van der Waals surface area contributed by atoms with Crippen LogP contribution in [0.4, 0.5) is 0 Å². The number of carbonyl (C=O) groups is 3. The molecular formula is C24H29NO7. The molecule has 0 aliphatic carbocycles. The van der Waals surface area contributed by atoms with E-state index in [0.29, 0.717) is 6.61 Å². The molecule has 0 saturated heterocycles. The molecule has 0 heterocycles. The number of aliphatic carboxylic acids is 1. The minimum absolute atomic E-state index is 0.0970. The maximum atomic E-state index is 10.3. The number of esters is 2. The molecule has 172 valence electrons. The zero-order chi connectivity index (χ0) is 25.0. The van der Waals surface area contributed by atoms with Crippen molar-refractivity contribution in [2.75, 3.05) is 13.2 Å². The number of nitrogens with zero attached hydrogens (tertiary/aromatic N) is 1. The second kappa shape index (κ2) is 26.8. The Bertz CT molecular complexity index is 773. The average Bonchev–Trinajstić information content (AvgIpc) is 2.81. The summed E-state index contributed by atoms with van der Waals surface area (Å²) >= 11 is 0. The van der Waals surface area contributed by atoms with E-state index in [-0.39, 0.29) is 19.0 Å². The Morgan fingerprint density at radius 3 is 1.88 bits per heavy atom. The molecule has 1 rings (SSSR count). The molecule has 32 heavy (non-hydrogen) atoms. The van der Waals surface area contributed by atoms with Gasteiger partial charge in [0.25, 0.3) is 0 Å². The molecule has 0 spiro atoms. The fraction of sp³-hybridized carbons (Fsp3) is 0.250. The monoisotopic (exact) mass is 443 g/mol. The second-order valence-electron chi connectivity index (χ2n) is 5.25. The normalized spacial score (nSPS) is 7.75. The minimum Gasteiger partial charge on any atom is -0.481 e. The third-order valence-corrected chi connectivity index (χ3v) is 2.79. The third kappa shape index (κ3) is 30.5. The van der Waals surface area contributed by atoms with Crippen LogP contribution in [0.1, 0.15) is 31.7 Å². The maximum Gasteiger partial charge on any atom is 0.330 e. The van der Waals surface area contributed by atoms with Crippen molar-refractivity contribution >= 4 is 29.9 Å². The van der Waals surface area contributed by atoms with Gasteiger partial charge in [0, 0.05) is 12.2 Å². The number of benzene rings is 1. The van der Waals surface area contributed by atoms with Crippen LogP contribution in [0.25, 0.3) is 6.08 Å². The van der Waals surface area contributed by atoms with Crippen LogP contribution in [0.5, 0.6) is 0 Å². The number of unbranched alkanes of at least 4 members (excludes halogenated alkanes) is 1. The smallest absolute Gasteiger partial charge is 0.330 e. The van der Waals surface area contributed by atoms with Gasteiger partial charge in [0.05, 0.1) is 19.1 Å².